The van der Waals surface area contributed by atoms with Crippen LogP contribution in [0, 0.1) is 6.92 Å². The van der Waals surface area contributed by atoms with Gasteiger partial charge < -0.3 is 10.2 Å². The number of piperidine rings is 1. The molecule has 1 aromatic heterocycles. The Balaban J connectivity index is 1.90. The van der Waals surface area contributed by atoms with Gasteiger partial charge in [0.05, 0.1) is 5.69 Å². The molecule has 0 bridgehead atoms. The Morgan fingerprint density at radius 1 is 1.71 bits per heavy atom. The smallest absolute Gasteiger partial charge is 0.191 e. The lowest BCUT2D eigenvalue weighted by molar-refractivity contribution is 0.199. The van der Waals surface area contributed by atoms with Crippen molar-refractivity contribution in [3.8, 4) is 0 Å². The highest BCUT2D eigenvalue weighted by Gasteiger charge is 2.17. The molecule has 1 unspecified atom stereocenters. The minimum atomic E-state index is 0.330. The van der Waals surface area contributed by atoms with Crippen molar-refractivity contribution < 1.29 is 4.42 Å². The number of hydrogen-bond acceptors (Lipinski definition) is 4. The Hall–Kier alpha value is -0.870. The maximum atomic E-state index is 5.90. The summed E-state index contributed by atoms with van der Waals surface area (Å²) in [6, 6.07) is 0.330. The SMILES string of the molecule is Cc1nc(CN2CCCC(N)C2)co1. The van der Waals surface area contributed by atoms with Crippen LogP contribution in [0.4, 0.5) is 0 Å². The summed E-state index contributed by atoms with van der Waals surface area (Å²) in [5.74, 6) is 0.737. The molecule has 0 aromatic carbocycles. The van der Waals surface area contributed by atoms with Gasteiger partial charge in [0, 0.05) is 26.1 Å². The Morgan fingerprint density at radius 3 is 3.21 bits per heavy atom. The van der Waals surface area contributed by atoms with E-state index >= 15 is 0 Å². The third kappa shape index (κ3) is 2.33. The van der Waals surface area contributed by atoms with Crippen molar-refractivity contribution in [1.29, 1.82) is 0 Å². The van der Waals surface area contributed by atoms with Crippen LogP contribution in [-0.2, 0) is 6.54 Å². The molecule has 1 fully saturated rings. The summed E-state index contributed by atoms with van der Waals surface area (Å²) < 4.78 is 5.16. The van der Waals surface area contributed by atoms with E-state index in [1.807, 2.05) is 6.92 Å². The predicted molar refractivity (Wildman–Crippen MR) is 53.7 cm³/mol. The van der Waals surface area contributed by atoms with Gasteiger partial charge in [0.15, 0.2) is 5.89 Å². The van der Waals surface area contributed by atoms with E-state index in [0.717, 1.165) is 37.6 Å². The molecule has 0 amide bonds. The molecular weight excluding hydrogens is 178 g/mol. The number of likely N-dealkylation sites (tertiary alicyclic amines) is 1. The van der Waals surface area contributed by atoms with Crippen molar-refractivity contribution in [2.75, 3.05) is 13.1 Å². The molecule has 2 heterocycles. The van der Waals surface area contributed by atoms with Crippen LogP contribution in [0.2, 0.25) is 0 Å². The Labute approximate surface area is 84.1 Å². The van der Waals surface area contributed by atoms with E-state index in [0.29, 0.717) is 6.04 Å². The first-order chi connectivity index (χ1) is 6.74. The monoisotopic (exact) mass is 195 g/mol. The molecule has 1 aliphatic rings. The van der Waals surface area contributed by atoms with Crippen LogP contribution < -0.4 is 5.73 Å². The standard InChI is InChI=1S/C10H17N3O/c1-8-12-10(7-14-8)6-13-4-2-3-9(11)5-13/h7,9H,2-6,11H2,1H3. The maximum Gasteiger partial charge on any atom is 0.191 e. The highest BCUT2D eigenvalue weighted by Crippen LogP contribution is 2.12. The highest BCUT2D eigenvalue weighted by atomic mass is 16.3. The molecule has 0 saturated carbocycles. The van der Waals surface area contributed by atoms with Gasteiger partial charge in [0.1, 0.15) is 6.26 Å². The van der Waals surface area contributed by atoms with Crippen molar-refractivity contribution in [3.05, 3.63) is 17.8 Å². The predicted octanol–water partition coefficient (Wildman–Crippen LogP) is 0.906. The summed E-state index contributed by atoms with van der Waals surface area (Å²) in [4.78, 5) is 6.62. The molecule has 0 aliphatic carbocycles. The fraction of sp³-hybridized carbons (Fsp3) is 0.700. The van der Waals surface area contributed by atoms with Gasteiger partial charge in [-0.3, -0.25) is 4.90 Å². The molecule has 2 rings (SSSR count). The van der Waals surface area contributed by atoms with Crippen LogP contribution >= 0.6 is 0 Å². The molecule has 4 heteroatoms. The number of oxazole rings is 1. The molecule has 1 aliphatic heterocycles. The van der Waals surface area contributed by atoms with Gasteiger partial charge in [0.25, 0.3) is 0 Å². The van der Waals surface area contributed by atoms with E-state index in [2.05, 4.69) is 9.88 Å². The summed E-state index contributed by atoms with van der Waals surface area (Å²) in [6.07, 6.45) is 4.07. The lowest BCUT2D eigenvalue weighted by atomic mass is 10.1. The first-order valence-electron chi connectivity index (χ1n) is 5.13. The molecule has 0 spiro atoms. The molecular formula is C10H17N3O. The molecule has 14 heavy (non-hydrogen) atoms. The van der Waals surface area contributed by atoms with Crippen LogP contribution in [0.25, 0.3) is 0 Å². The fourth-order valence-electron chi connectivity index (χ4n) is 1.94. The zero-order valence-corrected chi connectivity index (χ0v) is 8.57. The van der Waals surface area contributed by atoms with Crippen molar-refractivity contribution in [3.63, 3.8) is 0 Å². The summed E-state index contributed by atoms with van der Waals surface area (Å²) in [5.41, 5.74) is 6.91. The summed E-state index contributed by atoms with van der Waals surface area (Å²) in [5, 5.41) is 0. The molecule has 78 valence electrons. The van der Waals surface area contributed by atoms with Gasteiger partial charge in [-0.25, -0.2) is 4.98 Å². The van der Waals surface area contributed by atoms with Crippen molar-refractivity contribution in [2.45, 2.75) is 32.4 Å². The van der Waals surface area contributed by atoms with Crippen LogP contribution in [-0.4, -0.2) is 29.0 Å². The van der Waals surface area contributed by atoms with Gasteiger partial charge in [0.2, 0.25) is 0 Å². The second-order valence-electron chi connectivity index (χ2n) is 4.00. The molecule has 1 saturated heterocycles. The molecule has 1 atom stereocenters. The number of rotatable bonds is 2. The minimum absolute atomic E-state index is 0.330. The highest BCUT2D eigenvalue weighted by molar-refractivity contribution is 4.95. The second kappa shape index (κ2) is 4.11. The molecule has 4 nitrogen and oxygen atoms in total. The zero-order valence-electron chi connectivity index (χ0n) is 8.57. The van der Waals surface area contributed by atoms with E-state index in [1.54, 1.807) is 6.26 Å². The third-order valence-electron chi connectivity index (χ3n) is 2.59. The van der Waals surface area contributed by atoms with Crippen LogP contribution in [0.5, 0.6) is 0 Å². The van der Waals surface area contributed by atoms with Crippen molar-refractivity contribution in [1.82, 2.24) is 9.88 Å². The summed E-state index contributed by atoms with van der Waals surface area (Å²) >= 11 is 0. The van der Waals surface area contributed by atoms with Gasteiger partial charge in [-0.05, 0) is 19.4 Å². The first kappa shape index (κ1) is 9.68. The molecule has 1 aromatic rings. The Morgan fingerprint density at radius 2 is 2.57 bits per heavy atom. The number of nitrogens with zero attached hydrogens (tertiary/aromatic N) is 2. The van der Waals surface area contributed by atoms with Crippen LogP contribution in [0.3, 0.4) is 0 Å². The summed E-state index contributed by atoms with van der Waals surface area (Å²) in [6.45, 7) is 4.84. The topological polar surface area (TPSA) is 55.3 Å². The average Bonchev–Trinajstić information content (AvgIpc) is 2.51. The fourth-order valence-corrected chi connectivity index (χ4v) is 1.94. The third-order valence-corrected chi connectivity index (χ3v) is 2.59. The van der Waals surface area contributed by atoms with E-state index in [4.69, 9.17) is 10.2 Å². The lowest BCUT2D eigenvalue weighted by Gasteiger charge is -2.29. The van der Waals surface area contributed by atoms with Gasteiger partial charge in [-0.2, -0.15) is 0 Å². The minimum Gasteiger partial charge on any atom is -0.449 e. The van der Waals surface area contributed by atoms with Gasteiger partial charge in [-0.1, -0.05) is 0 Å². The molecule has 2 N–H and O–H groups in total. The Kier molecular flexibility index (Phi) is 2.84. The van der Waals surface area contributed by atoms with E-state index in [-0.39, 0.29) is 0 Å². The quantitative estimate of drug-likeness (QED) is 0.762. The average molecular weight is 195 g/mol. The van der Waals surface area contributed by atoms with Crippen LogP contribution in [0.15, 0.2) is 10.7 Å². The number of hydrogen-bond donors (Lipinski definition) is 1. The maximum absolute atomic E-state index is 5.90. The van der Waals surface area contributed by atoms with Crippen LogP contribution in [0.1, 0.15) is 24.4 Å². The van der Waals surface area contributed by atoms with Crippen molar-refractivity contribution in [2.24, 2.45) is 5.73 Å². The number of aryl methyl sites for hydroxylation is 1. The Bertz CT molecular complexity index is 297. The second-order valence-corrected chi connectivity index (χ2v) is 4.00. The van der Waals surface area contributed by atoms with E-state index in [1.165, 1.54) is 6.42 Å². The normalized spacial score (nSPS) is 24.0. The van der Waals surface area contributed by atoms with E-state index < -0.39 is 0 Å². The van der Waals surface area contributed by atoms with Gasteiger partial charge in [-0.15, -0.1) is 0 Å². The number of aromatic nitrogens is 1. The van der Waals surface area contributed by atoms with E-state index in [9.17, 15) is 0 Å². The van der Waals surface area contributed by atoms with Crippen molar-refractivity contribution >= 4 is 0 Å². The molecule has 0 radical (unpaired) electrons. The van der Waals surface area contributed by atoms with Gasteiger partial charge >= 0.3 is 0 Å². The lowest BCUT2D eigenvalue weighted by Crippen LogP contribution is -2.42. The first-order valence-corrected chi connectivity index (χ1v) is 5.13. The largest absolute Gasteiger partial charge is 0.449 e. The number of nitrogens with two attached hydrogens (primary N) is 1. The zero-order chi connectivity index (χ0) is 9.97. The summed E-state index contributed by atoms with van der Waals surface area (Å²) in [7, 11) is 0.